The van der Waals surface area contributed by atoms with Gasteiger partial charge in [0.15, 0.2) is 11.5 Å². The van der Waals surface area contributed by atoms with Gasteiger partial charge in [0.2, 0.25) is 0 Å². The third-order valence-corrected chi connectivity index (χ3v) is 3.60. The maximum Gasteiger partial charge on any atom is 0.406 e. The Morgan fingerprint density at radius 1 is 1.32 bits per heavy atom. The summed E-state index contributed by atoms with van der Waals surface area (Å²) in [6.45, 7) is 1.83. The van der Waals surface area contributed by atoms with Gasteiger partial charge in [-0.1, -0.05) is 6.08 Å². The lowest BCUT2D eigenvalue weighted by Gasteiger charge is -2.23. The summed E-state index contributed by atoms with van der Waals surface area (Å²) in [5.41, 5.74) is 0.115. The lowest BCUT2D eigenvalue weighted by atomic mass is 10.1. The number of alkyl halides is 3. The standard InChI is InChI=1S/C14H15F3INO3/c1-4-5-19(8-14(15,16)17)13(20)9-6-11(21-2)12(22-3)7-10(9)18/h4,6-7H,1,5,8H2,2-3H3. The van der Waals surface area contributed by atoms with Crippen molar-refractivity contribution in [2.45, 2.75) is 6.18 Å². The van der Waals surface area contributed by atoms with E-state index in [1.807, 2.05) is 22.6 Å². The minimum absolute atomic E-state index is 0.115. The summed E-state index contributed by atoms with van der Waals surface area (Å²) in [5.74, 6) is -0.0750. The molecule has 0 saturated heterocycles. The number of methoxy groups -OCH3 is 2. The van der Waals surface area contributed by atoms with Crippen LogP contribution >= 0.6 is 22.6 Å². The van der Waals surface area contributed by atoms with Gasteiger partial charge in [-0.05, 0) is 34.7 Å². The molecule has 22 heavy (non-hydrogen) atoms. The first-order valence-electron chi connectivity index (χ1n) is 6.12. The van der Waals surface area contributed by atoms with E-state index >= 15 is 0 Å². The van der Waals surface area contributed by atoms with Gasteiger partial charge in [0.05, 0.1) is 19.8 Å². The smallest absolute Gasteiger partial charge is 0.406 e. The topological polar surface area (TPSA) is 38.8 Å². The number of ether oxygens (including phenoxy) is 2. The fraction of sp³-hybridized carbons (Fsp3) is 0.357. The molecule has 0 heterocycles. The van der Waals surface area contributed by atoms with Gasteiger partial charge in [-0.25, -0.2) is 0 Å². The highest BCUT2D eigenvalue weighted by Crippen LogP contribution is 2.32. The van der Waals surface area contributed by atoms with Gasteiger partial charge >= 0.3 is 6.18 Å². The third kappa shape index (κ3) is 4.79. The SMILES string of the molecule is C=CCN(CC(F)(F)F)C(=O)c1cc(OC)c(OC)cc1I. The minimum atomic E-state index is -4.49. The van der Waals surface area contributed by atoms with Crippen molar-refractivity contribution >= 4 is 28.5 Å². The number of carbonyl (C=O) groups excluding carboxylic acids is 1. The van der Waals surface area contributed by atoms with E-state index in [0.29, 0.717) is 14.2 Å². The Morgan fingerprint density at radius 3 is 2.32 bits per heavy atom. The van der Waals surface area contributed by atoms with Crippen LogP contribution in [0.15, 0.2) is 24.8 Å². The second kappa shape index (κ2) is 7.70. The first-order valence-corrected chi connectivity index (χ1v) is 7.19. The largest absolute Gasteiger partial charge is 0.493 e. The van der Waals surface area contributed by atoms with Gasteiger partial charge in [0, 0.05) is 10.1 Å². The lowest BCUT2D eigenvalue weighted by molar-refractivity contribution is -0.139. The number of halogens is 4. The van der Waals surface area contributed by atoms with Crippen LogP contribution in [0.25, 0.3) is 0 Å². The molecular formula is C14H15F3INO3. The number of hydrogen-bond acceptors (Lipinski definition) is 3. The van der Waals surface area contributed by atoms with Crippen molar-refractivity contribution in [1.82, 2.24) is 4.90 Å². The van der Waals surface area contributed by atoms with Crippen LogP contribution in [0.5, 0.6) is 11.5 Å². The molecule has 0 spiro atoms. The zero-order valence-corrected chi connectivity index (χ0v) is 14.2. The van der Waals surface area contributed by atoms with Gasteiger partial charge in [0.25, 0.3) is 5.91 Å². The van der Waals surface area contributed by atoms with E-state index in [4.69, 9.17) is 9.47 Å². The van der Waals surface area contributed by atoms with Crippen molar-refractivity contribution in [3.63, 3.8) is 0 Å². The van der Waals surface area contributed by atoms with E-state index < -0.39 is 18.6 Å². The second-order valence-electron chi connectivity index (χ2n) is 4.28. The summed E-state index contributed by atoms with van der Waals surface area (Å²) < 4.78 is 48.4. The van der Waals surface area contributed by atoms with Crippen molar-refractivity contribution in [3.8, 4) is 11.5 Å². The molecule has 0 aliphatic rings. The van der Waals surface area contributed by atoms with E-state index in [1.54, 1.807) is 0 Å². The van der Waals surface area contributed by atoms with E-state index in [1.165, 1.54) is 32.4 Å². The normalized spacial score (nSPS) is 11.0. The van der Waals surface area contributed by atoms with Gasteiger partial charge in [-0.15, -0.1) is 6.58 Å². The molecule has 0 unspecified atom stereocenters. The maximum atomic E-state index is 12.6. The van der Waals surface area contributed by atoms with Crippen LogP contribution in [0.2, 0.25) is 0 Å². The number of benzene rings is 1. The molecule has 0 saturated carbocycles. The van der Waals surface area contributed by atoms with Crippen molar-refractivity contribution in [1.29, 1.82) is 0 Å². The molecule has 0 aliphatic heterocycles. The van der Waals surface area contributed by atoms with Crippen LogP contribution in [0.1, 0.15) is 10.4 Å². The first-order chi connectivity index (χ1) is 10.2. The molecule has 1 aromatic carbocycles. The summed E-state index contributed by atoms with van der Waals surface area (Å²) in [6, 6.07) is 2.90. The summed E-state index contributed by atoms with van der Waals surface area (Å²) in [4.78, 5) is 13.1. The van der Waals surface area contributed by atoms with Crippen molar-refractivity contribution in [2.75, 3.05) is 27.3 Å². The van der Waals surface area contributed by atoms with E-state index in [2.05, 4.69) is 6.58 Å². The molecule has 1 rings (SSSR count). The molecule has 0 bridgehead atoms. The molecule has 0 radical (unpaired) electrons. The zero-order valence-electron chi connectivity index (χ0n) is 12.0. The average molecular weight is 429 g/mol. The maximum absolute atomic E-state index is 12.6. The van der Waals surface area contributed by atoms with Crippen LogP contribution in [0.4, 0.5) is 13.2 Å². The average Bonchev–Trinajstić information content (AvgIpc) is 2.44. The van der Waals surface area contributed by atoms with Crippen molar-refractivity contribution < 1.29 is 27.4 Å². The van der Waals surface area contributed by atoms with Crippen molar-refractivity contribution in [3.05, 3.63) is 33.9 Å². The Labute approximate surface area is 140 Å². The predicted molar refractivity (Wildman–Crippen MR) is 84.4 cm³/mol. The second-order valence-corrected chi connectivity index (χ2v) is 5.44. The third-order valence-electron chi connectivity index (χ3n) is 2.71. The van der Waals surface area contributed by atoms with Gasteiger partial charge in [0.1, 0.15) is 6.54 Å². The number of hydrogen-bond donors (Lipinski definition) is 0. The summed E-state index contributed by atoms with van der Waals surface area (Å²) in [7, 11) is 2.82. The van der Waals surface area contributed by atoms with Crippen LogP contribution in [0.3, 0.4) is 0 Å². The summed E-state index contributed by atoms with van der Waals surface area (Å²) in [5, 5.41) is 0. The molecule has 8 heteroatoms. The first kappa shape index (κ1) is 18.6. The fourth-order valence-electron chi connectivity index (χ4n) is 1.78. The molecule has 4 nitrogen and oxygen atoms in total. The molecule has 1 amide bonds. The predicted octanol–water partition coefficient (Wildman–Crippen LogP) is 3.50. The summed E-state index contributed by atoms with van der Waals surface area (Å²) in [6.07, 6.45) is -3.24. The Balaban J connectivity index is 3.20. The minimum Gasteiger partial charge on any atom is -0.493 e. The van der Waals surface area contributed by atoms with E-state index in [9.17, 15) is 18.0 Å². The highest BCUT2D eigenvalue weighted by Gasteiger charge is 2.33. The molecule has 0 atom stereocenters. The highest BCUT2D eigenvalue weighted by molar-refractivity contribution is 14.1. The van der Waals surface area contributed by atoms with E-state index in [0.717, 1.165) is 0 Å². The van der Waals surface area contributed by atoms with Crippen LogP contribution in [0, 0.1) is 3.57 Å². The zero-order chi connectivity index (χ0) is 16.9. The van der Waals surface area contributed by atoms with Gasteiger partial charge in [-0.2, -0.15) is 13.2 Å². The molecular weight excluding hydrogens is 414 g/mol. The Bertz CT molecular complexity index is 561. The number of amides is 1. The summed E-state index contributed by atoms with van der Waals surface area (Å²) >= 11 is 1.87. The quantitative estimate of drug-likeness (QED) is 0.514. The van der Waals surface area contributed by atoms with Crippen LogP contribution in [-0.2, 0) is 0 Å². The Kier molecular flexibility index (Phi) is 6.51. The number of nitrogens with zero attached hydrogens (tertiary/aromatic N) is 1. The molecule has 0 aliphatic carbocycles. The van der Waals surface area contributed by atoms with Gasteiger partial charge in [-0.3, -0.25) is 4.79 Å². The molecule has 0 aromatic heterocycles. The molecule has 122 valence electrons. The van der Waals surface area contributed by atoms with E-state index in [-0.39, 0.29) is 17.9 Å². The molecule has 1 aromatic rings. The Morgan fingerprint density at radius 2 is 1.86 bits per heavy atom. The van der Waals surface area contributed by atoms with Crippen molar-refractivity contribution in [2.24, 2.45) is 0 Å². The lowest BCUT2D eigenvalue weighted by Crippen LogP contribution is -2.39. The monoisotopic (exact) mass is 429 g/mol. The fourth-order valence-corrected chi connectivity index (χ4v) is 2.45. The number of rotatable bonds is 6. The highest BCUT2D eigenvalue weighted by atomic mass is 127. The van der Waals surface area contributed by atoms with Gasteiger partial charge < -0.3 is 14.4 Å². The van der Waals surface area contributed by atoms with Crippen LogP contribution in [-0.4, -0.2) is 44.3 Å². The van der Waals surface area contributed by atoms with Crippen LogP contribution < -0.4 is 9.47 Å². The number of carbonyl (C=O) groups is 1. The Hall–Kier alpha value is -1.45. The molecule has 0 fully saturated rings. The molecule has 0 N–H and O–H groups in total.